The van der Waals surface area contributed by atoms with Gasteiger partial charge in [0.05, 0.1) is 15.4 Å². The summed E-state index contributed by atoms with van der Waals surface area (Å²) in [5.74, 6) is 1.19. The van der Waals surface area contributed by atoms with Gasteiger partial charge in [-0.2, -0.15) is 0 Å². The van der Waals surface area contributed by atoms with Crippen LogP contribution in [0.4, 0.5) is 5.82 Å². The van der Waals surface area contributed by atoms with E-state index < -0.39 is 0 Å². The van der Waals surface area contributed by atoms with Crippen molar-refractivity contribution >= 4 is 39.7 Å². The molecular weight excluding hydrogens is 354 g/mol. The van der Waals surface area contributed by atoms with E-state index >= 15 is 0 Å². The summed E-state index contributed by atoms with van der Waals surface area (Å²) in [7, 11) is 0. The second kappa shape index (κ2) is 6.70. The lowest BCUT2D eigenvalue weighted by Crippen LogP contribution is -1.99. The van der Waals surface area contributed by atoms with Crippen LogP contribution < -0.4 is 10.5 Å². The Kier molecular flexibility index (Phi) is 4.26. The lowest BCUT2D eigenvalue weighted by atomic mass is 10.1. The molecule has 0 saturated heterocycles. The van der Waals surface area contributed by atoms with Crippen molar-refractivity contribution in [2.45, 2.75) is 6.61 Å². The molecule has 2 heterocycles. The molecule has 4 rings (SSSR count). The molecule has 0 aliphatic rings. The lowest BCUT2D eigenvalue weighted by Gasteiger charge is -2.13. The maximum Gasteiger partial charge on any atom is 0.134 e. The van der Waals surface area contributed by atoms with E-state index in [2.05, 4.69) is 9.97 Å². The molecule has 4 aromatic rings. The molecular formula is C19H14ClN3OS. The van der Waals surface area contributed by atoms with Gasteiger partial charge in [0.15, 0.2) is 0 Å². The van der Waals surface area contributed by atoms with Crippen molar-refractivity contribution < 1.29 is 4.74 Å². The zero-order valence-corrected chi connectivity index (χ0v) is 14.7. The molecule has 6 heteroatoms. The number of benzene rings is 2. The molecule has 0 saturated carbocycles. The van der Waals surface area contributed by atoms with Crippen LogP contribution in [0.25, 0.3) is 21.3 Å². The molecule has 0 amide bonds. The quantitative estimate of drug-likeness (QED) is 0.540. The number of nitrogens with zero attached hydrogens (tertiary/aromatic N) is 2. The maximum atomic E-state index is 6.14. The van der Waals surface area contributed by atoms with Gasteiger partial charge in [-0.1, -0.05) is 41.9 Å². The van der Waals surface area contributed by atoms with E-state index in [1.807, 2.05) is 54.6 Å². The smallest absolute Gasteiger partial charge is 0.134 e. The van der Waals surface area contributed by atoms with Crippen molar-refractivity contribution in [3.63, 3.8) is 0 Å². The third kappa shape index (κ3) is 3.16. The van der Waals surface area contributed by atoms with Crippen molar-refractivity contribution in [3.05, 3.63) is 70.8 Å². The molecule has 2 aromatic heterocycles. The number of thiophene rings is 1. The zero-order valence-electron chi connectivity index (χ0n) is 13.1. The number of nitrogens with two attached hydrogens (primary N) is 1. The van der Waals surface area contributed by atoms with Crippen LogP contribution in [0.2, 0.25) is 4.34 Å². The number of halogens is 1. The molecule has 0 radical (unpaired) electrons. The van der Waals surface area contributed by atoms with Crippen LogP contribution in [-0.4, -0.2) is 9.97 Å². The highest BCUT2D eigenvalue weighted by Crippen LogP contribution is 2.41. The van der Waals surface area contributed by atoms with Crippen molar-refractivity contribution in [3.8, 4) is 16.2 Å². The SMILES string of the molecule is Nc1ncnc2c(-c3ccc(Cl)s3)c(OCc3ccccc3)ccc12. The van der Waals surface area contributed by atoms with Gasteiger partial charge in [-0.15, -0.1) is 11.3 Å². The molecule has 0 spiro atoms. The van der Waals surface area contributed by atoms with Crippen LogP contribution >= 0.6 is 22.9 Å². The molecule has 25 heavy (non-hydrogen) atoms. The first kappa shape index (κ1) is 15.9. The van der Waals surface area contributed by atoms with E-state index in [1.54, 1.807) is 0 Å². The van der Waals surface area contributed by atoms with E-state index in [0.29, 0.717) is 16.8 Å². The Bertz CT molecular complexity index is 1030. The molecule has 4 nitrogen and oxygen atoms in total. The third-order valence-corrected chi connectivity index (χ3v) is 5.10. The number of fused-ring (bicyclic) bond motifs is 1. The van der Waals surface area contributed by atoms with Crippen molar-refractivity contribution in [2.75, 3.05) is 5.73 Å². The largest absolute Gasteiger partial charge is 0.488 e. The molecule has 124 valence electrons. The van der Waals surface area contributed by atoms with Gasteiger partial charge in [-0.3, -0.25) is 0 Å². The fourth-order valence-corrected chi connectivity index (χ4v) is 3.77. The van der Waals surface area contributed by atoms with Crippen LogP contribution in [0, 0.1) is 0 Å². The van der Waals surface area contributed by atoms with Crippen LogP contribution in [0.15, 0.2) is 60.9 Å². The third-order valence-electron chi connectivity index (χ3n) is 3.86. The summed E-state index contributed by atoms with van der Waals surface area (Å²) in [5.41, 5.74) is 8.76. The van der Waals surface area contributed by atoms with Crippen molar-refractivity contribution in [2.24, 2.45) is 0 Å². The molecule has 0 atom stereocenters. The maximum absolute atomic E-state index is 6.14. The number of nitrogen functional groups attached to an aromatic ring is 1. The molecule has 0 unspecified atom stereocenters. The van der Waals surface area contributed by atoms with Crippen LogP contribution in [0.1, 0.15) is 5.56 Å². The minimum Gasteiger partial charge on any atom is -0.488 e. The summed E-state index contributed by atoms with van der Waals surface area (Å²) in [4.78, 5) is 9.49. The summed E-state index contributed by atoms with van der Waals surface area (Å²) >= 11 is 7.62. The predicted molar refractivity (Wildman–Crippen MR) is 103 cm³/mol. The highest BCUT2D eigenvalue weighted by atomic mass is 35.5. The highest BCUT2D eigenvalue weighted by Gasteiger charge is 2.16. The Morgan fingerprint density at radius 3 is 2.60 bits per heavy atom. The second-order valence-electron chi connectivity index (χ2n) is 5.47. The Labute approximate surface area is 153 Å². The number of hydrogen-bond acceptors (Lipinski definition) is 5. The average molecular weight is 368 g/mol. The Balaban J connectivity index is 1.83. The predicted octanol–water partition coefficient (Wildman–Crippen LogP) is 5.17. The fourth-order valence-electron chi connectivity index (χ4n) is 2.67. The molecule has 0 fully saturated rings. The Morgan fingerprint density at radius 2 is 1.84 bits per heavy atom. The molecule has 2 aromatic carbocycles. The molecule has 0 aliphatic heterocycles. The molecule has 2 N–H and O–H groups in total. The first-order valence-electron chi connectivity index (χ1n) is 7.68. The van der Waals surface area contributed by atoms with Crippen LogP contribution in [0.3, 0.4) is 0 Å². The highest BCUT2D eigenvalue weighted by molar-refractivity contribution is 7.19. The summed E-state index contributed by atoms with van der Waals surface area (Å²) in [6, 6.07) is 17.7. The number of aromatic nitrogens is 2. The van der Waals surface area contributed by atoms with Gasteiger partial charge in [0.25, 0.3) is 0 Å². The first-order chi connectivity index (χ1) is 12.2. The van der Waals surface area contributed by atoms with Gasteiger partial charge in [0, 0.05) is 10.3 Å². The van der Waals surface area contributed by atoms with Gasteiger partial charge < -0.3 is 10.5 Å². The number of ether oxygens (including phenoxy) is 1. The number of anilines is 1. The van der Waals surface area contributed by atoms with Gasteiger partial charge in [0.2, 0.25) is 0 Å². The molecule has 0 aliphatic carbocycles. The normalized spacial score (nSPS) is 10.9. The first-order valence-corrected chi connectivity index (χ1v) is 8.87. The van der Waals surface area contributed by atoms with Crippen molar-refractivity contribution in [1.29, 1.82) is 0 Å². The van der Waals surface area contributed by atoms with Gasteiger partial charge >= 0.3 is 0 Å². The van der Waals surface area contributed by atoms with Crippen LogP contribution in [-0.2, 0) is 6.61 Å². The van der Waals surface area contributed by atoms with Crippen molar-refractivity contribution in [1.82, 2.24) is 9.97 Å². The van der Waals surface area contributed by atoms with E-state index in [-0.39, 0.29) is 0 Å². The summed E-state index contributed by atoms with van der Waals surface area (Å²) < 4.78 is 6.81. The zero-order chi connectivity index (χ0) is 17.2. The minimum atomic E-state index is 0.448. The lowest BCUT2D eigenvalue weighted by molar-refractivity contribution is 0.308. The minimum absolute atomic E-state index is 0.448. The monoisotopic (exact) mass is 367 g/mol. The average Bonchev–Trinajstić information content (AvgIpc) is 3.06. The van der Waals surface area contributed by atoms with E-state index in [9.17, 15) is 0 Å². The Morgan fingerprint density at radius 1 is 1.00 bits per heavy atom. The van der Waals surface area contributed by atoms with E-state index in [0.717, 1.165) is 32.7 Å². The Hall–Kier alpha value is -2.63. The van der Waals surface area contributed by atoms with Gasteiger partial charge in [0.1, 0.15) is 24.5 Å². The number of rotatable bonds is 4. The van der Waals surface area contributed by atoms with Gasteiger partial charge in [-0.05, 0) is 29.8 Å². The van der Waals surface area contributed by atoms with E-state index in [4.69, 9.17) is 22.1 Å². The summed E-state index contributed by atoms with van der Waals surface area (Å²) in [6.45, 7) is 0.471. The standard InChI is InChI=1S/C19H14ClN3OS/c20-16-9-8-15(25-16)17-14(24-10-12-4-2-1-3-5-12)7-6-13-18(17)22-11-23-19(13)21/h1-9,11H,10H2,(H2,21,22,23). The topological polar surface area (TPSA) is 61.0 Å². The van der Waals surface area contributed by atoms with Crippen LogP contribution in [0.5, 0.6) is 5.75 Å². The van der Waals surface area contributed by atoms with Gasteiger partial charge in [-0.25, -0.2) is 9.97 Å². The summed E-state index contributed by atoms with van der Waals surface area (Å²) in [6.07, 6.45) is 1.47. The summed E-state index contributed by atoms with van der Waals surface area (Å²) in [5, 5.41) is 0.800. The second-order valence-corrected chi connectivity index (χ2v) is 7.19. The fraction of sp³-hybridized carbons (Fsp3) is 0.0526. The number of hydrogen-bond donors (Lipinski definition) is 1. The van der Waals surface area contributed by atoms with E-state index in [1.165, 1.54) is 17.7 Å². The molecule has 0 bridgehead atoms.